The Balaban J connectivity index is 1.83. The molecule has 2 heterocycles. The molecule has 0 fully saturated rings. The van der Waals surface area contributed by atoms with Crippen LogP contribution in [0.25, 0.3) is 28.0 Å². The van der Waals surface area contributed by atoms with Gasteiger partial charge < -0.3 is 5.32 Å². The summed E-state index contributed by atoms with van der Waals surface area (Å²) in [6.45, 7) is 7.90. The smallest absolute Gasteiger partial charge is 0.221 e. The van der Waals surface area contributed by atoms with Gasteiger partial charge in [0.05, 0.1) is 5.69 Å². The summed E-state index contributed by atoms with van der Waals surface area (Å²) in [5, 5.41) is 2.73. The first-order valence-corrected chi connectivity index (χ1v) is 13.8. The summed E-state index contributed by atoms with van der Waals surface area (Å²) >= 11 is 0. The highest BCUT2D eigenvalue weighted by Gasteiger charge is 2.14. The van der Waals surface area contributed by atoms with Crippen LogP contribution in [0.5, 0.6) is 0 Å². The van der Waals surface area contributed by atoms with E-state index in [0.717, 1.165) is 11.6 Å². The van der Waals surface area contributed by atoms with Gasteiger partial charge in [-0.1, -0.05) is 25.6 Å². The Kier molecular flexibility index (Phi) is 5.83. The molecule has 33 heavy (non-hydrogen) atoms. The molecule has 0 atom stereocenters. The van der Waals surface area contributed by atoms with E-state index in [9.17, 15) is 13.6 Å². The van der Waals surface area contributed by atoms with Crippen molar-refractivity contribution >= 4 is 30.8 Å². The topological polar surface area (TPSA) is 59.8 Å². The monoisotopic (exact) mass is 460 g/mol. The van der Waals surface area contributed by atoms with Crippen LogP contribution >= 0.6 is 0 Å². The van der Waals surface area contributed by atoms with E-state index in [0.29, 0.717) is 28.1 Å². The van der Waals surface area contributed by atoms with Gasteiger partial charge in [0.15, 0.2) is 5.65 Å². The van der Waals surface area contributed by atoms with Crippen LogP contribution in [-0.2, 0) is 4.79 Å². The molecule has 4 aromatic rings. The molecule has 0 aliphatic heterocycles. The van der Waals surface area contributed by atoms with E-state index in [4.69, 9.17) is 0 Å². The fraction of sp³-hybridized carbons (Fsp3) is 0.160. The van der Waals surface area contributed by atoms with Crippen molar-refractivity contribution < 1.29 is 13.6 Å². The number of aromatic nitrogens is 3. The van der Waals surface area contributed by atoms with E-state index in [1.54, 1.807) is 35.3 Å². The number of amides is 1. The van der Waals surface area contributed by atoms with Gasteiger partial charge in [0.25, 0.3) is 0 Å². The van der Waals surface area contributed by atoms with Gasteiger partial charge >= 0.3 is 0 Å². The number of benzene rings is 2. The van der Waals surface area contributed by atoms with Crippen LogP contribution in [0.3, 0.4) is 0 Å². The van der Waals surface area contributed by atoms with Crippen LogP contribution in [0.2, 0.25) is 19.6 Å². The number of imidazole rings is 1. The molecule has 0 saturated heterocycles. The first-order valence-electron chi connectivity index (χ1n) is 10.3. The second-order valence-corrected chi connectivity index (χ2v) is 13.5. The molecule has 0 radical (unpaired) electrons. The van der Waals surface area contributed by atoms with E-state index in [2.05, 4.69) is 46.4 Å². The van der Waals surface area contributed by atoms with Crippen molar-refractivity contribution in [3.63, 3.8) is 0 Å². The van der Waals surface area contributed by atoms with Crippen molar-refractivity contribution in [3.8, 4) is 28.3 Å². The van der Waals surface area contributed by atoms with Crippen LogP contribution in [-0.4, -0.2) is 28.5 Å². The summed E-state index contributed by atoms with van der Waals surface area (Å²) in [5.74, 6) is 1.56. The van der Waals surface area contributed by atoms with E-state index >= 15 is 0 Å². The molecule has 0 aliphatic carbocycles. The van der Waals surface area contributed by atoms with Crippen molar-refractivity contribution in [1.82, 2.24) is 14.5 Å². The number of hydrogen-bond acceptors (Lipinski definition) is 3. The minimum atomic E-state index is -1.52. The molecule has 0 aliphatic rings. The summed E-state index contributed by atoms with van der Waals surface area (Å²) in [4.78, 5) is 20.7. The number of hydrogen-bond donors (Lipinski definition) is 1. The summed E-state index contributed by atoms with van der Waals surface area (Å²) < 4.78 is 29.7. The SMILES string of the molecule is CC(=O)Nc1cc(-c2ccc(F)cc2F)cc(-n2cnc3cc(C#C[Si](C)(C)C)cnc32)c1. The molecule has 0 unspecified atom stereocenters. The van der Waals surface area contributed by atoms with Crippen molar-refractivity contribution in [1.29, 1.82) is 0 Å². The van der Waals surface area contributed by atoms with Crippen LogP contribution in [0.4, 0.5) is 14.5 Å². The number of nitrogens with one attached hydrogen (secondary N) is 1. The predicted octanol–water partition coefficient (Wildman–Crippen LogP) is 5.55. The minimum Gasteiger partial charge on any atom is -0.326 e. The highest BCUT2D eigenvalue weighted by molar-refractivity contribution is 6.83. The second kappa shape index (κ2) is 8.60. The van der Waals surface area contributed by atoms with Gasteiger partial charge in [-0.25, -0.2) is 18.7 Å². The Labute approximate surface area is 191 Å². The molecular formula is C25H22F2N4OSi. The maximum atomic E-state index is 14.5. The molecule has 0 spiro atoms. The normalized spacial score (nSPS) is 11.2. The number of fused-ring (bicyclic) bond motifs is 1. The van der Waals surface area contributed by atoms with Gasteiger partial charge in [0, 0.05) is 36.0 Å². The van der Waals surface area contributed by atoms with E-state index < -0.39 is 19.7 Å². The molecule has 166 valence electrons. The Morgan fingerprint density at radius 3 is 2.55 bits per heavy atom. The lowest BCUT2D eigenvalue weighted by Gasteiger charge is -2.12. The zero-order valence-corrected chi connectivity index (χ0v) is 19.7. The Morgan fingerprint density at radius 2 is 1.85 bits per heavy atom. The van der Waals surface area contributed by atoms with Crippen molar-refractivity contribution in [2.24, 2.45) is 0 Å². The lowest BCUT2D eigenvalue weighted by molar-refractivity contribution is -0.114. The third-order valence-corrected chi connectivity index (χ3v) is 5.60. The average Bonchev–Trinajstić information content (AvgIpc) is 3.14. The number of carbonyl (C=O) groups excluding carboxylic acids is 1. The maximum absolute atomic E-state index is 14.5. The fourth-order valence-corrected chi connectivity index (χ4v) is 3.84. The minimum absolute atomic E-state index is 0.214. The van der Waals surface area contributed by atoms with Gasteiger partial charge in [-0.3, -0.25) is 9.36 Å². The number of pyridine rings is 1. The summed E-state index contributed by atoms with van der Waals surface area (Å²) in [6, 6.07) is 10.4. The van der Waals surface area contributed by atoms with Crippen molar-refractivity contribution in [3.05, 3.63) is 72.2 Å². The summed E-state index contributed by atoms with van der Waals surface area (Å²) in [5.41, 5.74) is 7.15. The average molecular weight is 461 g/mol. The molecular weight excluding hydrogens is 438 g/mol. The maximum Gasteiger partial charge on any atom is 0.221 e. The molecule has 2 aromatic carbocycles. The standard InChI is InChI=1S/C25H22F2N4OSi/c1-16(32)30-20-10-18(22-6-5-19(26)12-23(22)27)11-21(13-20)31-15-29-24-9-17(14-28-25(24)31)7-8-33(2,3)4/h5-6,9-15H,1-4H3,(H,30,32). The number of nitrogens with zero attached hydrogens (tertiary/aromatic N) is 3. The molecule has 1 N–H and O–H groups in total. The third kappa shape index (κ3) is 5.15. The predicted molar refractivity (Wildman–Crippen MR) is 129 cm³/mol. The number of anilines is 1. The zero-order chi connectivity index (χ0) is 23.8. The molecule has 2 aromatic heterocycles. The van der Waals surface area contributed by atoms with Crippen LogP contribution in [0.1, 0.15) is 12.5 Å². The first kappa shape index (κ1) is 22.4. The highest BCUT2D eigenvalue weighted by Crippen LogP contribution is 2.30. The van der Waals surface area contributed by atoms with Gasteiger partial charge in [0.2, 0.25) is 5.91 Å². The zero-order valence-electron chi connectivity index (χ0n) is 18.7. The Morgan fingerprint density at radius 1 is 1.06 bits per heavy atom. The molecule has 0 saturated carbocycles. The molecule has 8 heteroatoms. The molecule has 5 nitrogen and oxygen atoms in total. The van der Waals surface area contributed by atoms with Gasteiger partial charge in [-0.05, 0) is 42.0 Å². The van der Waals surface area contributed by atoms with E-state index in [1.807, 2.05) is 6.07 Å². The van der Waals surface area contributed by atoms with Gasteiger partial charge in [-0.15, -0.1) is 5.54 Å². The van der Waals surface area contributed by atoms with Crippen molar-refractivity contribution in [2.75, 3.05) is 5.32 Å². The Hall–Kier alpha value is -3.83. The first-order chi connectivity index (χ1) is 15.6. The summed E-state index contributed by atoms with van der Waals surface area (Å²) in [6.07, 6.45) is 3.32. The number of rotatable bonds is 3. The number of carbonyl (C=O) groups is 1. The lowest BCUT2D eigenvalue weighted by Crippen LogP contribution is -2.16. The third-order valence-electron chi connectivity index (χ3n) is 4.73. The van der Waals surface area contributed by atoms with Gasteiger partial charge in [0.1, 0.15) is 31.6 Å². The van der Waals surface area contributed by atoms with Crippen LogP contribution < -0.4 is 5.32 Å². The van der Waals surface area contributed by atoms with Crippen LogP contribution in [0.15, 0.2) is 55.0 Å². The van der Waals surface area contributed by atoms with E-state index in [-0.39, 0.29) is 11.5 Å². The Bertz CT molecular complexity index is 1440. The fourth-order valence-electron chi connectivity index (χ4n) is 3.32. The quantitative estimate of drug-likeness (QED) is 0.322. The van der Waals surface area contributed by atoms with Crippen molar-refractivity contribution in [2.45, 2.75) is 26.6 Å². The largest absolute Gasteiger partial charge is 0.326 e. The van der Waals surface area contributed by atoms with E-state index in [1.165, 1.54) is 19.1 Å². The highest BCUT2D eigenvalue weighted by atomic mass is 28.3. The molecule has 4 rings (SSSR count). The number of halogens is 2. The summed E-state index contributed by atoms with van der Waals surface area (Å²) in [7, 11) is -1.52. The second-order valence-electron chi connectivity index (χ2n) is 8.76. The molecule has 0 bridgehead atoms. The van der Waals surface area contributed by atoms with Crippen LogP contribution in [0, 0.1) is 23.1 Å². The lowest BCUT2D eigenvalue weighted by atomic mass is 10.0. The van der Waals surface area contributed by atoms with Gasteiger partial charge in [-0.2, -0.15) is 0 Å². The molecule has 1 amide bonds.